The van der Waals surface area contributed by atoms with Crippen LogP contribution in [0, 0.1) is 5.41 Å². The second-order valence-electron chi connectivity index (χ2n) is 5.18. The average molecular weight is 333 g/mol. The molecule has 1 aliphatic rings. The van der Waals surface area contributed by atoms with Crippen molar-refractivity contribution in [2.24, 2.45) is 5.41 Å². The van der Waals surface area contributed by atoms with Gasteiger partial charge in [0, 0.05) is 16.9 Å². The quantitative estimate of drug-likeness (QED) is 0.793. The number of fused-ring (bicyclic) bond motifs is 1. The molecule has 0 radical (unpaired) electrons. The lowest BCUT2D eigenvalue weighted by Gasteiger charge is -2.35. The molecule has 3 nitrogen and oxygen atoms in total. The zero-order valence-corrected chi connectivity index (χ0v) is 12.7. The third kappa shape index (κ3) is 2.81. The molecular weight excluding hydrogens is 318 g/mol. The van der Waals surface area contributed by atoms with E-state index in [1.54, 1.807) is 23.1 Å². The third-order valence-corrected chi connectivity index (χ3v) is 4.56. The van der Waals surface area contributed by atoms with Crippen LogP contribution in [0.1, 0.15) is 13.8 Å². The molecule has 1 heterocycles. The molecule has 0 atom stereocenters. The maximum absolute atomic E-state index is 12.0. The number of carbonyl (C=O) groups excluding carboxylic acids is 1. The number of rotatable bonds is 3. The van der Waals surface area contributed by atoms with Gasteiger partial charge in [-0.05, 0) is 23.6 Å². The van der Waals surface area contributed by atoms with Crippen LogP contribution >= 0.6 is 27.5 Å². The Kier molecular flexibility index (Phi) is 3.87. The molecule has 1 aliphatic heterocycles. The van der Waals surface area contributed by atoms with Gasteiger partial charge in [-0.25, -0.2) is 0 Å². The maximum Gasteiger partial charge on any atom is 0.265 e. The number of halogens is 2. The highest BCUT2D eigenvalue weighted by molar-refractivity contribution is 9.09. The van der Waals surface area contributed by atoms with Crippen LogP contribution in [0.4, 0.5) is 5.69 Å². The van der Waals surface area contributed by atoms with Crippen molar-refractivity contribution in [3.05, 3.63) is 23.2 Å². The molecular formula is C13H15BrClNO2. The Hall–Kier alpha value is -0.740. The van der Waals surface area contributed by atoms with Gasteiger partial charge in [0.1, 0.15) is 5.75 Å². The van der Waals surface area contributed by atoms with Crippen molar-refractivity contribution in [2.75, 3.05) is 23.4 Å². The van der Waals surface area contributed by atoms with Crippen molar-refractivity contribution < 1.29 is 9.53 Å². The second-order valence-corrected chi connectivity index (χ2v) is 6.18. The van der Waals surface area contributed by atoms with Crippen molar-refractivity contribution in [1.29, 1.82) is 0 Å². The molecule has 0 bridgehead atoms. The summed E-state index contributed by atoms with van der Waals surface area (Å²) in [6.45, 7) is 4.93. The summed E-state index contributed by atoms with van der Waals surface area (Å²) in [5.74, 6) is 0.683. The van der Waals surface area contributed by atoms with Gasteiger partial charge in [-0.15, -0.1) is 0 Å². The third-order valence-electron chi connectivity index (χ3n) is 2.81. The summed E-state index contributed by atoms with van der Waals surface area (Å²) >= 11 is 9.47. The van der Waals surface area contributed by atoms with E-state index in [1.165, 1.54) is 0 Å². The summed E-state index contributed by atoms with van der Waals surface area (Å²) < 4.78 is 5.41. The topological polar surface area (TPSA) is 29.5 Å². The van der Waals surface area contributed by atoms with Crippen LogP contribution in [0.25, 0.3) is 0 Å². The molecule has 18 heavy (non-hydrogen) atoms. The number of ether oxygens (including phenoxy) is 1. The van der Waals surface area contributed by atoms with E-state index in [1.807, 2.05) is 0 Å². The number of anilines is 1. The highest BCUT2D eigenvalue weighted by Gasteiger charge is 2.30. The molecule has 98 valence electrons. The first-order valence-electron chi connectivity index (χ1n) is 5.72. The summed E-state index contributed by atoms with van der Waals surface area (Å²) in [4.78, 5) is 13.8. The first-order valence-corrected chi connectivity index (χ1v) is 7.21. The number of hydrogen-bond acceptors (Lipinski definition) is 2. The van der Waals surface area contributed by atoms with Gasteiger partial charge in [-0.3, -0.25) is 4.79 Å². The minimum absolute atomic E-state index is 0.00735. The lowest BCUT2D eigenvalue weighted by Crippen LogP contribution is -2.44. The fourth-order valence-corrected chi connectivity index (χ4v) is 2.16. The number of amides is 1. The molecule has 2 rings (SSSR count). The molecule has 0 N–H and O–H groups in total. The number of benzene rings is 1. The Morgan fingerprint density at radius 1 is 1.50 bits per heavy atom. The summed E-state index contributed by atoms with van der Waals surface area (Å²) in [5, 5.41) is 1.43. The Balaban J connectivity index is 2.36. The molecule has 0 saturated carbocycles. The van der Waals surface area contributed by atoms with Gasteiger partial charge in [-0.1, -0.05) is 41.4 Å². The maximum atomic E-state index is 12.0. The Bertz CT molecular complexity index is 476. The Morgan fingerprint density at radius 2 is 2.22 bits per heavy atom. The molecule has 1 aromatic carbocycles. The van der Waals surface area contributed by atoms with Gasteiger partial charge in [0.25, 0.3) is 5.91 Å². The summed E-state index contributed by atoms with van der Waals surface area (Å²) in [5.41, 5.74) is 0.750. The van der Waals surface area contributed by atoms with Crippen LogP contribution in [-0.2, 0) is 4.79 Å². The van der Waals surface area contributed by atoms with E-state index in [0.717, 1.165) is 11.0 Å². The number of carbonyl (C=O) groups is 1. The van der Waals surface area contributed by atoms with E-state index in [-0.39, 0.29) is 17.9 Å². The fraction of sp³-hybridized carbons (Fsp3) is 0.462. The zero-order chi connectivity index (χ0) is 13.3. The van der Waals surface area contributed by atoms with Crippen molar-refractivity contribution in [1.82, 2.24) is 0 Å². The van der Waals surface area contributed by atoms with Crippen LogP contribution in [0.15, 0.2) is 18.2 Å². The van der Waals surface area contributed by atoms with E-state index >= 15 is 0 Å². The van der Waals surface area contributed by atoms with Crippen LogP contribution in [0.2, 0.25) is 5.02 Å². The van der Waals surface area contributed by atoms with Crippen LogP contribution < -0.4 is 9.64 Å². The molecule has 0 unspecified atom stereocenters. The fourth-order valence-electron chi connectivity index (χ4n) is 1.82. The van der Waals surface area contributed by atoms with E-state index in [4.69, 9.17) is 16.3 Å². The Morgan fingerprint density at radius 3 is 2.89 bits per heavy atom. The number of nitrogens with zero attached hydrogens (tertiary/aromatic N) is 1. The van der Waals surface area contributed by atoms with Crippen molar-refractivity contribution >= 4 is 39.1 Å². The highest BCUT2D eigenvalue weighted by atomic mass is 79.9. The van der Waals surface area contributed by atoms with Gasteiger partial charge in [0.05, 0.1) is 5.69 Å². The van der Waals surface area contributed by atoms with E-state index in [9.17, 15) is 4.79 Å². The van der Waals surface area contributed by atoms with E-state index < -0.39 is 0 Å². The van der Waals surface area contributed by atoms with Crippen molar-refractivity contribution in [3.63, 3.8) is 0 Å². The monoisotopic (exact) mass is 331 g/mol. The minimum atomic E-state index is -0.0289. The van der Waals surface area contributed by atoms with Crippen LogP contribution in [0.3, 0.4) is 0 Å². The molecule has 5 heteroatoms. The smallest absolute Gasteiger partial charge is 0.265 e. The lowest BCUT2D eigenvalue weighted by atomic mass is 9.95. The summed E-state index contributed by atoms with van der Waals surface area (Å²) in [6.07, 6.45) is 0. The molecule has 0 saturated heterocycles. The second kappa shape index (κ2) is 5.10. The molecule has 0 fully saturated rings. The Labute approximate surface area is 120 Å². The predicted molar refractivity (Wildman–Crippen MR) is 76.9 cm³/mol. The lowest BCUT2D eigenvalue weighted by molar-refractivity contribution is -0.121. The van der Waals surface area contributed by atoms with Gasteiger partial charge in [0.2, 0.25) is 0 Å². The van der Waals surface area contributed by atoms with E-state index in [2.05, 4.69) is 29.8 Å². The largest absolute Gasteiger partial charge is 0.482 e. The van der Waals surface area contributed by atoms with Gasteiger partial charge < -0.3 is 9.64 Å². The first kappa shape index (κ1) is 13.7. The molecule has 0 spiro atoms. The highest BCUT2D eigenvalue weighted by Crippen LogP contribution is 2.36. The van der Waals surface area contributed by atoms with Gasteiger partial charge in [0.15, 0.2) is 6.61 Å². The molecule has 0 aliphatic carbocycles. The number of alkyl halides is 1. The van der Waals surface area contributed by atoms with Crippen LogP contribution in [-0.4, -0.2) is 24.4 Å². The molecule has 1 aromatic rings. The zero-order valence-electron chi connectivity index (χ0n) is 10.4. The SMILES string of the molecule is CC(C)(CBr)CN1C(=O)COc2ccc(Cl)cc21. The predicted octanol–water partition coefficient (Wildman–Crippen LogP) is 3.49. The van der Waals surface area contributed by atoms with Gasteiger partial charge in [-0.2, -0.15) is 0 Å². The normalized spacial score (nSPS) is 15.3. The number of hydrogen-bond donors (Lipinski definition) is 0. The van der Waals surface area contributed by atoms with Gasteiger partial charge >= 0.3 is 0 Å². The standard InChI is InChI=1S/C13H15BrClNO2/c1-13(2,7-14)8-16-10-5-9(15)3-4-11(10)18-6-12(16)17/h3-5H,6-8H2,1-2H3. The van der Waals surface area contributed by atoms with Crippen LogP contribution in [0.5, 0.6) is 5.75 Å². The average Bonchev–Trinajstić information content (AvgIpc) is 2.33. The van der Waals surface area contributed by atoms with Crippen molar-refractivity contribution in [2.45, 2.75) is 13.8 Å². The summed E-state index contributed by atoms with van der Waals surface area (Å²) in [6, 6.07) is 5.35. The first-order chi connectivity index (χ1) is 8.43. The summed E-state index contributed by atoms with van der Waals surface area (Å²) in [7, 11) is 0. The van der Waals surface area contributed by atoms with Crippen molar-refractivity contribution in [3.8, 4) is 5.75 Å². The minimum Gasteiger partial charge on any atom is -0.482 e. The molecule has 0 aromatic heterocycles. The van der Waals surface area contributed by atoms with E-state index in [0.29, 0.717) is 17.3 Å². The molecule has 1 amide bonds.